The SMILES string of the molecule is C[C@]1([C@H](O)CC2CC2)CCCCC12OCCO2. The molecule has 0 aromatic heterocycles. The molecule has 3 rings (SSSR count). The van der Waals surface area contributed by atoms with Crippen molar-refractivity contribution in [1.29, 1.82) is 0 Å². The predicted molar refractivity (Wildman–Crippen MR) is 64.6 cm³/mol. The minimum atomic E-state index is -0.487. The molecule has 1 heterocycles. The van der Waals surface area contributed by atoms with Crippen molar-refractivity contribution in [2.75, 3.05) is 13.2 Å². The summed E-state index contributed by atoms with van der Waals surface area (Å²) in [6.07, 6.45) is 7.58. The van der Waals surface area contributed by atoms with Gasteiger partial charge in [-0.1, -0.05) is 26.2 Å². The summed E-state index contributed by atoms with van der Waals surface area (Å²) in [5, 5.41) is 10.6. The van der Waals surface area contributed by atoms with Crippen LogP contribution in [-0.2, 0) is 9.47 Å². The second-order valence-corrected chi connectivity index (χ2v) is 6.27. The molecule has 17 heavy (non-hydrogen) atoms. The lowest BCUT2D eigenvalue weighted by atomic mass is 9.66. The number of rotatable bonds is 3. The first kappa shape index (κ1) is 11.9. The fraction of sp³-hybridized carbons (Fsp3) is 1.00. The first-order valence-corrected chi connectivity index (χ1v) is 7.12. The van der Waals surface area contributed by atoms with Gasteiger partial charge in [-0.15, -0.1) is 0 Å². The van der Waals surface area contributed by atoms with Gasteiger partial charge < -0.3 is 14.6 Å². The molecular formula is C14H24O3. The Bertz CT molecular complexity index is 281. The average Bonchev–Trinajstić information content (AvgIpc) is 3.01. The fourth-order valence-corrected chi connectivity index (χ4v) is 3.60. The quantitative estimate of drug-likeness (QED) is 0.823. The molecule has 0 aromatic carbocycles. The van der Waals surface area contributed by atoms with Gasteiger partial charge in [0, 0.05) is 11.8 Å². The van der Waals surface area contributed by atoms with Crippen molar-refractivity contribution in [2.45, 2.75) is 63.8 Å². The van der Waals surface area contributed by atoms with Crippen LogP contribution in [0.25, 0.3) is 0 Å². The zero-order chi connectivity index (χ0) is 11.9. The highest BCUT2D eigenvalue weighted by molar-refractivity contribution is 5.01. The standard InChI is InChI=1S/C14H24O3/c1-13(12(15)10-11-4-5-11)6-2-3-7-14(13)16-8-9-17-14/h11-12,15H,2-10H2,1H3/t12-,13-/m1/s1. The number of hydrogen-bond donors (Lipinski definition) is 1. The molecule has 3 nitrogen and oxygen atoms in total. The summed E-state index contributed by atoms with van der Waals surface area (Å²) in [5.74, 6) is 0.265. The Morgan fingerprint density at radius 3 is 2.47 bits per heavy atom. The maximum atomic E-state index is 10.6. The molecule has 1 saturated heterocycles. The van der Waals surface area contributed by atoms with E-state index in [1.807, 2.05) is 0 Å². The highest BCUT2D eigenvalue weighted by Crippen LogP contribution is 2.53. The Kier molecular flexibility index (Phi) is 2.96. The second-order valence-electron chi connectivity index (χ2n) is 6.27. The van der Waals surface area contributed by atoms with Crippen LogP contribution in [0.3, 0.4) is 0 Å². The van der Waals surface area contributed by atoms with Crippen LogP contribution < -0.4 is 0 Å². The molecule has 2 saturated carbocycles. The van der Waals surface area contributed by atoms with E-state index in [1.54, 1.807) is 0 Å². The van der Waals surface area contributed by atoms with Crippen molar-refractivity contribution in [3.8, 4) is 0 Å². The van der Waals surface area contributed by atoms with E-state index in [1.165, 1.54) is 19.3 Å². The van der Waals surface area contributed by atoms with Crippen LogP contribution in [0.4, 0.5) is 0 Å². The van der Waals surface area contributed by atoms with E-state index in [0.717, 1.165) is 31.6 Å². The molecule has 98 valence electrons. The molecule has 2 atom stereocenters. The normalized spacial score (nSPS) is 38.5. The number of hydrogen-bond acceptors (Lipinski definition) is 3. The van der Waals surface area contributed by atoms with Crippen LogP contribution in [0.5, 0.6) is 0 Å². The summed E-state index contributed by atoms with van der Waals surface area (Å²) in [7, 11) is 0. The Balaban J connectivity index is 1.79. The molecular weight excluding hydrogens is 216 g/mol. The molecule has 1 aliphatic heterocycles. The summed E-state index contributed by atoms with van der Waals surface area (Å²) < 4.78 is 11.9. The van der Waals surface area contributed by atoms with Crippen molar-refractivity contribution < 1.29 is 14.6 Å². The Labute approximate surface area is 103 Å². The largest absolute Gasteiger partial charge is 0.392 e. The molecule has 0 aromatic rings. The summed E-state index contributed by atoms with van der Waals surface area (Å²) >= 11 is 0. The molecule has 1 spiro atoms. The number of ether oxygens (including phenoxy) is 2. The van der Waals surface area contributed by atoms with Gasteiger partial charge >= 0.3 is 0 Å². The number of aliphatic hydroxyl groups excluding tert-OH is 1. The third-order valence-corrected chi connectivity index (χ3v) is 5.06. The van der Waals surface area contributed by atoms with Crippen molar-refractivity contribution >= 4 is 0 Å². The minimum absolute atomic E-state index is 0.204. The van der Waals surface area contributed by atoms with E-state index >= 15 is 0 Å². The van der Waals surface area contributed by atoms with Gasteiger partial charge in [0.1, 0.15) is 0 Å². The predicted octanol–water partition coefficient (Wildman–Crippen LogP) is 2.47. The van der Waals surface area contributed by atoms with Crippen LogP contribution in [0.2, 0.25) is 0 Å². The Hall–Kier alpha value is -0.120. The fourth-order valence-electron chi connectivity index (χ4n) is 3.60. The molecule has 0 bridgehead atoms. The van der Waals surface area contributed by atoms with Gasteiger partial charge in [-0.25, -0.2) is 0 Å². The third kappa shape index (κ3) is 1.92. The number of aliphatic hydroxyl groups is 1. The van der Waals surface area contributed by atoms with Crippen molar-refractivity contribution in [3.63, 3.8) is 0 Å². The molecule has 0 unspecified atom stereocenters. The van der Waals surface area contributed by atoms with E-state index in [9.17, 15) is 5.11 Å². The lowest BCUT2D eigenvalue weighted by Gasteiger charge is -2.50. The van der Waals surface area contributed by atoms with Gasteiger partial charge in [-0.05, 0) is 25.2 Å². The van der Waals surface area contributed by atoms with Crippen LogP contribution in [0.15, 0.2) is 0 Å². The van der Waals surface area contributed by atoms with Crippen molar-refractivity contribution in [1.82, 2.24) is 0 Å². The van der Waals surface area contributed by atoms with Crippen molar-refractivity contribution in [2.24, 2.45) is 11.3 Å². The summed E-state index contributed by atoms with van der Waals surface area (Å²) in [6, 6.07) is 0. The van der Waals surface area contributed by atoms with Crippen LogP contribution >= 0.6 is 0 Å². The molecule has 0 radical (unpaired) electrons. The zero-order valence-corrected chi connectivity index (χ0v) is 10.8. The minimum Gasteiger partial charge on any atom is -0.392 e. The van der Waals surface area contributed by atoms with Crippen LogP contribution in [-0.4, -0.2) is 30.2 Å². The smallest absolute Gasteiger partial charge is 0.176 e. The molecule has 3 fully saturated rings. The van der Waals surface area contributed by atoms with Gasteiger partial charge in [-0.2, -0.15) is 0 Å². The average molecular weight is 240 g/mol. The summed E-state index contributed by atoms with van der Waals surface area (Å²) in [4.78, 5) is 0. The van der Waals surface area contributed by atoms with Crippen LogP contribution in [0.1, 0.15) is 51.9 Å². The zero-order valence-electron chi connectivity index (χ0n) is 10.8. The monoisotopic (exact) mass is 240 g/mol. The lowest BCUT2D eigenvalue weighted by Crippen LogP contribution is -2.56. The van der Waals surface area contributed by atoms with Gasteiger partial charge in [-0.3, -0.25) is 0 Å². The highest BCUT2D eigenvalue weighted by Gasteiger charge is 2.57. The van der Waals surface area contributed by atoms with E-state index in [0.29, 0.717) is 13.2 Å². The van der Waals surface area contributed by atoms with E-state index in [-0.39, 0.29) is 11.5 Å². The Morgan fingerprint density at radius 2 is 1.82 bits per heavy atom. The van der Waals surface area contributed by atoms with Gasteiger partial charge in [0.2, 0.25) is 0 Å². The van der Waals surface area contributed by atoms with Crippen LogP contribution in [0, 0.1) is 11.3 Å². The van der Waals surface area contributed by atoms with E-state index in [4.69, 9.17) is 9.47 Å². The topological polar surface area (TPSA) is 38.7 Å². The summed E-state index contributed by atoms with van der Waals surface area (Å²) in [6.45, 7) is 3.54. The molecule has 3 aliphatic rings. The summed E-state index contributed by atoms with van der Waals surface area (Å²) in [5.41, 5.74) is -0.204. The highest BCUT2D eigenvalue weighted by atomic mass is 16.7. The lowest BCUT2D eigenvalue weighted by molar-refractivity contribution is -0.277. The third-order valence-electron chi connectivity index (χ3n) is 5.06. The maximum Gasteiger partial charge on any atom is 0.176 e. The van der Waals surface area contributed by atoms with Gasteiger partial charge in [0.15, 0.2) is 5.79 Å². The first-order chi connectivity index (χ1) is 8.16. The molecule has 2 aliphatic carbocycles. The molecule has 1 N–H and O–H groups in total. The van der Waals surface area contributed by atoms with Crippen molar-refractivity contribution in [3.05, 3.63) is 0 Å². The molecule has 3 heteroatoms. The van der Waals surface area contributed by atoms with E-state index in [2.05, 4.69) is 6.92 Å². The second kappa shape index (κ2) is 4.22. The Morgan fingerprint density at radius 1 is 1.18 bits per heavy atom. The van der Waals surface area contributed by atoms with E-state index < -0.39 is 5.79 Å². The van der Waals surface area contributed by atoms with Gasteiger partial charge in [0.25, 0.3) is 0 Å². The molecule has 0 amide bonds. The van der Waals surface area contributed by atoms with Gasteiger partial charge in [0.05, 0.1) is 19.3 Å². The first-order valence-electron chi connectivity index (χ1n) is 7.12. The maximum absolute atomic E-state index is 10.6.